The summed E-state index contributed by atoms with van der Waals surface area (Å²) in [5, 5.41) is 8.45. The Kier molecular flexibility index (Phi) is 2.04. The summed E-state index contributed by atoms with van der Waals surface area (Å²) in [5.74, 6) is -1.59. The molecule has 16 heavy (non-hydrogen) atoms. The Hall–Kier alpha value is -1.51. The van der Waals surface area contributed by atoms with Gasteiger partial charge in [0, 0.05) is 5.69 Å². The third kappa shape index (κ3) is 2.54. The number of nitrogens with two attached hydrogens (primary N) is 1. The molecule has 3 nitrogen and oxygen atoms in total. The van der Waals surface area contributed by atoms with Gasteiger partial charge in [0.15, 0.2) is 0 Å². The number of hydrogen-bond donors (Lipinski definition) is 2. The molecule has 0 aliphatic heterocycles. The van der Waals surface area contributed by atoms with Crippen molar-refractivity contribution in [2.45, 2.75) is 4.90 Å². The molecule has 0 fully saturated rings. The summed E-state index contributed by atoms with van der Waals surface area (Å²) in [6, 6.07) is 0.317. The molecule has 0 unspecified atom stereocenters. The number of aromatic carboxylic acids is 1. The van der Waals surface area contributed by atoms with Crippen molar-refractivity contribution in [3.05, 3.63) is 23.8 Å². The lowest BCUT2D eigenvalue weighted by molar-refractivity contribution is 0.0697. The molecule has 0 heterocycles. The Labute approximate surface area is 86.4 Å². The number of carboxylic acids is 1. The highest BCUT2D eigenvalue weighted by Crippen LogP contribution is 3.02. The lowest BCUT2D eigenvalue weighted by Gasteiger charge is -2.40. The van der Waals surface area contributed by atoms with Crippen molar-refractivity contribution in [2.24, 2.45) is 0 Å². The van der Waals surface area contributed by atoms with Crippen LogP contribution < -0.4 is 5.73 Å². The van der Waals surface area contributed by atoms with E-state index >= 15 is 0 Å². The molecular formula is C7H6F5NO2S. The molecule has 0 saturated heterocycles. The smallest absolute Gasteiger partial charge is 0.337 e. The number of anilines is 1. The number of halogens is 5. The molecule has 0 bridgehead atoms. The minimum absolute atomic E-state index is 0.00136. The van der Waals surface area contributed by atoms with Crippen molar-refractivity contribution in [1.82, 2.24) is 0 Å². The van der Waals surface area contributed by atoms with E-state index in [4.69, 9.17) is 10.8 Å². The number of carbonyl (C=O) groups is 1. The van der Waals surface area contributed by atoms with Gasteiger partial charge in [0.2, 0.25) is 0 Å². The van der Waals surface area contributed by atoms with Gasteiger partial charge in [-0.1, -0.05) is 19.4 Å². The minimum atomic E-state index is -9.80. The van der Waals surface area contributed by atoms with Gasteiger partial charge < -0.3 is 10.8 Å². The number of rotatable bonds is 2. The van der Waals surface area contributed by atoms with Crippen LogP contribution in [0.1, 0.15) is 10.4 Å². The van der Waals surface area contributed by atoms with Gasteiger partial charge in [-0.2, -0.15) is 0 Å². The lowest BCUT2D eigenvalue weighted by atomic mass is 10.2. The van der Waals surface area contributed by atoms with Crippen LogP contribution in [0.4, 0.5) is 25.1 Å². The fourth-order valence-corrected chi connectivity index (χ4v) is 1.65. The van der Waals surface area contributed by atoms with Crippen LogP contribution in [0.25, 0.3) is 0 Å². The molecular weight excluding hydrogens is 257 g/mol. The van der Waals surface area contributed by atoms with E-state index in [1.165, 1.54) is 0 Å². The van der Waals surface area contributed by atoms with E-state index in [0.717, 1.165) is 0 Å². The van der Waals surface area contributed by atoms with Crippen LogP contribution in [-0.2, 0) is 0 Å². The van der Waals surface area contributed by atoms with Crippen LogP contribution in [0.3, 0.4) is 0 Å². The van der Waals surface area contributed by atoms with Gasteiger partial charge in [0.1, 0.15) is 4.90 Å². The van der Waals surface area contributed by atoms with E-state index in [0.29, 0.717) is 6.07 Å². The van der Waals surface area contributed by atoms with Gasteiger partial charge in [0.25, 0.3) is 0 Å². The fourth-order valence-electron chi connectivity index (χ4n) is 0.976. The van der Waals surface area contributed by atoms with Crippen LogP contribution in [0, 0.1) is 0 Å². The first-order valence-corrected chi connectivity index (χ1v) is 5.63. The summed E-state index contributed by atoms with van der Waals surface area (Å²) in [7, 11) is -9.80. The molecule has 0 aliphatic rings. The largest absolute Gasteiger partial charge is 0.478 e. The molecule has 1 aromatic rings. The van der Waals surface area contributed by atoms with Crippen LogP contribution in [0.2, 0.25) is 0 Å². The second-order valence-corrected chi connectivity index (χ2v) is 5.43. The van der Waals surface area contributed by atoms with E-state index < -0.39 is 32.3 Å². The van der Waals surface area contributed by atoms with E-state index in [1.54, 1.807) is 0 Å². The minimum Gasteiger partial charge on any atom is -0.478 e. The monoisotopic (exact) mass is 263 g/mol. The molecule has 0 spiro atoms. The van der Waals surface area contributed by atoms with E-state index in [2.05, 4.69) is 0 Å². The Morgan fingerprint density at radius 1 is 1.19 bits per heavy atom. The summed E-state index contributed by atoms with van der Waals surface area (Å²) in [5.41, 5.74) is 3.42. The molecule has 1 rings (SSSR count). The lowest BCUT2D eigenvalue weighted by Crippen LogP contribution is -2.09. The average molecular weight is 263 g/mol. The number of carboxylic acid groups (broad SMARTS) is 1. The van der Waals surface area contributed by atoms with Crippen molar-refractivity contribution in [3.63, 3.8) is 0 Å². The van der Waals surface area contributed by atoms with Crippen LogP contribution in [0.5, 0.6) is 0 Å². The van der Waals surface area contributed by atoms with E-state index in [-0.39, 0.29) is 12.1 Å². The Balaban J connectivity index is 3.45. The predicted octanol–water partition coefficient (Wildman–Crippen LogP) is 3.62. The SMILES string of the molecule is Nc1cc(S(F)(F)(F)(F)F)ccc1C(=O)O. The maximum Gasteiger partial charge on any atom is 0.337 e. The first kappa shape index (κ1) is 12.6. The molecule has 0 atom stereocenters. The maximum atomic E-state index is 12.3. The van der Waals surface area contributed by atoms with Crippen molar-refractivity contribution < 1.29 is 29.3 Å². The van der Waals surface area contributed by atoms with Crippen molar-refractivity contribution in [3.8, 4) is 0 Å². The van der Waals surface area contributed by atoms with Gasteiger partial charge in [-0.15, -0.1) is 0 Å². The third-order valence-electron chi connectivity index (χ3n) is 1.70. The summed E-state index contributed by atoms with van der Waals surface area (Å²) in [6.07, 6.45) is 0. The van der Waals surface area contributed by atoms with Gasteiger partial charge in [-0.25, -0.2) is 4.79 Å². The highest BCUT2D eigenvalue weighted by atomic mass is 32.5. The molecule has 92 valence electrons. The first-order valence-electron chi connectivity index (χ1n) is 3.68. The number of hydrogen-bond acceptors (Lipinski definition) is 2. The zero-order chi connectivity index (χ0) is 12.8. The van der Waals surface area contributed by atoms with Gasteiger partial charge >= 0.3 is 16.2 Å². The molecule has 0 radical (unpaired) electrons. The van der Waals surface area contributed by atoms with Crippen LogP contribution in [-0.4, -0.2) is 11.1 Å². The van der Waals surface area contributed by atoms with Crippen molar-refractivity contribution in [2.75, 3.05) is 5.73 Å². The second-order valence-electron chi connectivity index (χ2n) is 3.02. The summed E-state index contributed by atoms with van der Waals surface area (Å²) < 4.78 is 61.3. The third-order valence-corrected chi connectivity index (χ3v) is 2.84. The van der Waals surface area contributed by atoms with Gasteiger partial charge in [-0.3, -0.25) is 0 Å². The van der Waals surface area contributed by atoms with E-state index in [9.17, 15) is 24.2 Å². The summed E-state index contributed by atoms with van der Waals surface area (Å²) in [6.45, 7) is 0. The molecule has 0 saturated carbocycles. The maximum absolute atomic E-state index is 12.3. The van der Waals surface area contributed by atoms with Crippen molar-refractivity contribution >= 4 is 21.9 Å². The summed E-state index contributed by atoms with van der Waals surface area (Å²) in [4.78, 5) is 8.20. The Morgan fingerprint density at radius 2 is 1.69 bits per heavy atom. The van der Waals surface area contributed by atoms with Crippen molar-refractivity contribution in [1.29, 1.82) is 0 Å². The van der Waals surface area contributed by atoms with Crippen LogP contribution in [0.15, 0.2) is 23.1 Å². The topological polar surface area (TPSA) is 63.3 Å². The normalized spacial score (nSPS) is 16.3. The van der Waals surface area contributed by atoms with E-state index in [1.807, 2.05) is 0 Å². The molecule has 9 heteroatoms. The fraction of sp³-hybridized carbons (Fsp3) is 0. The van der Waals surface area contributed by atoms with Gasteiger partial charge in [0.05, 0.1) is 5.56 Å². The quantitative estimate of drug-likeness (QED) is 0.632. The highest BCUT2D eigenvalue weighted by molar-refractivity contribution is 8.45. The van der Waals surface area contributed by atoms with Crippen LogP contribution >= 0.6 is 10.2 Å². The second kappa shape index (κ2) is 2.59. The highest BCUT2D eigenvalue weighted by Gasteiger charge is 2.65. The first-order chi connectivity index (χ1) is 6.81. The van der Waals surface area contributed by atoms with Gasteiger partial charge in [-0.05, 0) is 18.2 Å². The molecule has 0 amide bonds. The average Bonchev–Trinajstić information content (AvgIpc) is 1.98. The molecule has 0 aromatic heterocycles. The zero-order valence-electron chi connectivity index (χ0n) is 7.46. The predicted molar refractivity (Wildman–Crippen MR) is 49.2 cm³/mol. The molecule has 1 aromatic carbocycles. The molecule has 3 N–H and O–H groups in total. The number of nitrogen functional groups attached to an aromatic ring is 1. The standard InChI is InChI=1S/C7H6F5NO2S/c8-16(9,10,11,12)4-1-2-5(7(14)15)6(13)3-4/h1-3H,13H2,(H,14,15). The Morgan fingerprint density at radius 3 is 2.00 bits per heavy atom. The summed E-state index contributed by atoms with van der Waals surface area (Å²) >= 11 is 0. The zero-order valence-corrected chi connectivity index (χ0v) is 8.28. The Bertz CT molecular complexity index is 469. The molecule has 0 aliphatic carbocycles. The number of benzene rings is 1.